The van der Waals surface area contributed by atoms with E-state index in [-0.39, 0.29) is 0 Å². The van der Waals surface area contributed by atoms with Gasteiger partial charge in [0, 0.05) is 17.8 Å². The van der Waals surface area contributed by atoms with Crippen LogP contribution in [0.1, 0.15) is 36.9 Å². The molecule has 0 spiro atoms. The van der Waals surface area contributed by atoms with Gasteiger partial charge in [0.1, 0.15) is 0 Å². The van der Waals surface area contributed by atoms with Gasteiger partial charge in [0.25, 0.3) is 0 Å². The van der Waals surface area contributed by atoms with E-state index in [1.54, 1.807) is 11.3 Å². The number of nitrogens with two attached hydrogens (primary N) is 1. The Morgan fingerprint density at radius 1 is 1.60 bits per heavy atom. The molecule has 1 aliphatic rings. The molecule has 1 aliphatic carbocycles. The fraction of sp³-hybridized carbons (Fsp3) is 0.750. The quantitative estimate of drug-likeness (QED) is 0.857. The minimum Gasteiger partial charge on any atom is -0.327 e. The predicted molar refractivity (Wildman–Crippen MR) is 65.0 cm³/mol. The maximum Gasteiger partial charge on any atom is 0.0897 e. The van der Waals surface area contributed by atoms with Crippen LogP contribution in [0.3, 0.4) is 0 Å². The van der Waals surface area contributed by atoms with Gasteiger partial charge in [-0.25, -0.2) is 4.98 Å². The van der Waals surface area contributed by atoms with Gasteiger partial charge >= 0.3 is 0 Å². The lowest BCUT2D eigenvalue weighted by Crippen LogP contribution is -2.31. The van der Waals surface area contributed by atoms with E-state index in [0.717, 1.165) is 23.3 Å². The second-order valence-electron chi connectivity index (χ2n) is 4.90. The number of rotatable bonds is 3. The van der Waals surface area contributed by atoms with Gasteiger partial charge in [-0.1, -0.05) is 13.3 Å². The molecule has 84 valence electrons. The summed E-state index contributed by atoms with van der Waals surface area (Å²) in [4.78, 5) is 4.48. The van der Waals surface area contributed by atoms with Crippen molar-refractivity contribution in [2.75, 3.05) is 0 Å². The summed E-state index contributed by atoms with van der Waals surface area (Å²) in [7, 11) is 0. The van der Waals surface area contributed by atoms with Crippen molar-refractivity contribution in [1.29, 1.82) is 0 Å². The predicted octanol–water partition coefficient (Wildman–Crippen LogP) is 2.76. The first-order chi connectivity index (χ1) is 7.15. The molecule has 2 N–H and O–H groups in total. The summed E-state index contributed by atoms with van der Waals surface area (Å²) in [6.45, 7) is 4.39. The Labute approximate surface area is 95.9 Å². The first-order valence-corrected chi connectivity index (χ1v) is 6.69. The summed E-state index contributed by atoms with van der Waals surface area (Å²) >= 11 is 1.72. The molecule has 2 rings (SSSR count). The summed E-state index contributed by atoms with van der Waals surface area (Å²) in [6.07, 6.45) is 4.94. The Morgan fingerprint density at radius 2 is 2.40 bits per heavy atom. The van der Waals surface area contributed by atoms with Crippen LogP contribution in [0.5, 0.6) is 0 Å². The number of nitrogens with zero attached hydrogens (tertiary/aromatic N) is 1. The molecular weight excluding hydrogens is 204 g/mol. The second-order valence-corrected chi connectivity index (χ2v) is 5.97. The molecule has 1 aromatic heterocycles. The van der Waals surface area contributed by atoms with Crippen molar-refractivity contribution >= 4 is 11.3 Å². The van der Waals surface area contributed by atoms with E-state index in [9.17, 15) is 0 Å². The smallest absolute Gasteiger partial charge is 0.0897 e. The Kier molecular flexibility index (Phi) is 3.42. The van der Waals surface area contributed by atoms with Crippen molar-refractivity contribution in [2.45, 2.75) is 45.6 Å². The van der Waals surface area contributed by atoms with Crippen molar-refractivity contribution in [3.8, 4) is 0 Å². The van der Waals surface area contributed by atoms with Crippen molar-refractivity contribution in [2.24, 2.45) is 17.6 Å². The van der Waals surface area contributed by atoms with E-state index in [2.05, 4.69) is 24.2 Å². The lowest BCUT2D eigenvalue weighted by molar-refractivity contribution is 0.413. The van der Waals surface area contributed by atoms with Crippen LogP contribution in [-0.2, 0) is 6.42 Å². The van der Waals surface area contributed by atoms with E-state index in [4.69, 9.17) is 5.73 Å². The molecule has 0 aliphatic heterocycles. The number of aryl methyl sites for hydroxylation is 1. The molecule has 1 aromatic rings. The average Bonchev–Trinajstić information content (AvgIpc) is 2.75. The molecule has 0 amide bonds. The minimum atomic E-state index is 0.316. The normalized spacial score (nSPS) is 28.2. The van der Waals surface area contributed by atoms with Crippen LogP contribution >= 0.6 is 11.3 Å². The van der Waals surface area contributed by atoms with Crippen LogP contribution in [0.2, 0.25) is 0 Å². The van der Waals surface area contributed by atoms with Gasteiger partial charge < -0.3 is 5.73 Å². The zero-order valence-electron chi connectivity index (χ0n) is 9.57. The first-order valence-electron chi connectivity index (χ1n) is 5.81. The van der Waals surface area contributed by atoms with E-state index in [1.807, 2.05) is 0 Å². The molecule has 0 bridgehead atoms. The average molecular weight is 224 g/mol. The van der Waals surface area contributed by atoms with Gasteiger partial charge in [0.05, 0.1) is 10.7 Å². The summed E-state index contributed by atoms with van der Waals surface area (Å²) < 4.78 is 0. The Bertz CT molecular complexity index is 321. The molecular formula is C12H20N2S. The van der Waals surface area contributed by atoms with Crippen molar-refractivity contribution in [3.05, 3.63) is 16.1 Å². The Morgan fingerprint density at radius 3 is 2.93 bits per heavy atom. The van der Waals surface area contributed by atoms with Crippen molar-refractivity contribution in [1.82, 2.24) is 4.98 Å². The molecule has 1 fully saturated rings. The second kappa shape index (κ2) is 4.62. The molecule has 0 aromatic carbocycles. The summed E-state index contributed by atoms with van der Waals surface area (Å²) in [6, 6.07) is 0.316. The first kappa shape index (κ1) is 11.1. The molecule has 3 atom stereocenters. The highest BCUT2D eigenvalue weighted by atomic mass is 32.1. The van der Waals surface area contributed by atoms with Gasteiger partial charge in [-0.15, -0.1) is 11.3 Å². The van der Waals surface area contributed by atoms with E-state index >= 15 is 0 Å². The SMILES string of the molecule is Cc1nc(CC(N)C2CCC(C)C2)cs1. The third-order valence-corrected chi connectivity index (χ3v) is 4.27. The standard InChI is InChI=1S/C12H20N2S/c1-8-3-4-10(5-8)12(13)6-11-7-15-9(2)14-11/h7-8,10,12H,3-6,13H2,1-2H3. The van der Waals surface area contributed by atoms with Crippen molar-refractivity contribution < 1.29 is 0 Å². The molecule has 1 heterocycles. The summed E-state index contributed by atoms with van der Waals surface area (Å²) in [5.74, 6) is 1.60. The molecule has 0 saturated heterocycles. The lowest BCUT2D eigenvalue weighted by Gasteiger charge is -2.17. The molecule has 3 unspecified atom stereocenters. The highest BCUT2D eigenvalue weighted by molar-refractivity contribution is 7.09. The number of hydrogen-bond acceptors (Lipinski definition) is 3. The molecule has 3 heteroatoms. The zero-order chi connectivity index (χ0) is 10.8. The Balaban J connectivity index is 1.89. The molecule has 0 radical (unpaired) electrons. The highest BCUT2D eigenvalue weighted by Gasteiger charge is 2.26. The molecule has 1 saturated carbocycles. The van der Waals surface area contributed by atoms with E-state index in [1.165, 1.54) is 25.0 Å². The van der Waals surface area contributed by atoms with Gasteiger partial charge in [0.2, 0.25) is 0 Å². The van der Waals surface area contributed by atoms with E-state index in [0.29, 0.717) is 6.04 Å². The number of thiazole rings is 1. The maximum absolute atomic E-state index is 6.25. The van der Waals surface area contributed by atoms with Crippen LogP contribution in [0.25, 0.3) is 0 Å². The fourth-order valence-electron chi connectivity index (χ4n) is 2.55. The van der Waals surface area contributed by atoms with Crippen LogP contribution in [0.4, 0.5) is 0 Å². The Hall–Kier alpha value is -0.410. The zero-order valence-corrected chi connectivity index (χ0v) is 10.4. The van der Waals surface area contributed by atoms with Crippen LogP contribution in [-0.4, -0.2) is 11.0 Å². The molecule has 15 heavy (non-hydrogen) atoms. The molecule has 2 nitrogen and oxygen atoms in total. The largest absolute Gasteiger partial charge is 0.327 e. The number of aromatic nitrogens is 1. The topological polar surface area (TPSA) is 38.9 Å². The van der Waals surface area contributed by atoms with Gasteiger partial charge in [0.15, 0.2) is 0 Å². The fourth-order valence-corrected chi connectivity index (χ4v) is 3.18. The minimum absolute atomic E-state index is 0.316. The third-order valence-electron chi connectivity index (χ3n) is 3.45. The summed E-state index contributed by atoms with van der Waals surface area (Å²) in [5.41, 5.74) is 7.43. The van der Waals surface area contributed by atoms with Crippen LogP contribution in [0.15, 0.2) is 5.38 Å². The van der Waals surface area contributed by atoms with Gasteiger partial charge in [-0.2, -0.15) is 0 Å². The van der Waals surface area contributed by atoms with E-state index < -0.39 is 0 Å². The maximum atomic E-state index is 6.25. The van der Waals surface area contributed by atoms with Gasteiger partial charge in [-0.3, -0.25) is 0 Å². The van der Waals surface area contributed by atoms with Crippen molar-refractivity contribution in [3.63, 3.8) is 0 Å². The third kappa shape index (κ3) is 2.79. The van der Waals surface area contributed by atoms with Gasteiger partial charge in [-0.05, 0) is 31.6 Å². The van der Waals surface area contributed by atoms with Crippen LogP contribution < -0.4 is 5.73 Å². The monoisotopic (exact) mass is 224 g/mol. The lowest BCUT2D eigenvalue weighted by atomic mass is 9.94. The van der Waals surface area contributed by atoms with Crippen LogP contribution in [0, 0.1) is 18.8 Å². The highest BCUT2D eigenvalue weighted by Crippen LogP contribution is 2.32. The summed E-state index contributed by atoms with van der Waals surface area (Å²) in [5, 5.41) is 3.30. The number of hydrogen-bond donors (Lipinski definition) is 1.